The standard InChI is InChI=1S/C19H31N3O3S.ClH/c1-4-20-15(2)14-21-19(23)16-10-12-18(13-11-16)26(24,25)22(3)17-8-6-5-7-9-17;/h10-13,15,17,20H,4-9,14H2,1-3H3,(H,21,23);1H/t15-;/m1./s1. The highest BCUT2D eigenvalue weighted by Gasteiger charge is 2.29. The number of amides is 1. The van der Waals surface area contributed by atoms with Gasteiger partial charge in [0.15, 0.2) is 0 Å². The van der Waals surface area contributed by atoms with Gasteiger partial charge in [0.05, 0.1) is 4.90 Å². The van der Waals surface area contributed by atoms with Crippen LogP contribution in [0.4, 0.5) is 0 Å². The number of carbonyl (C=O) groups is 1. The van der Waals surface area contributed by atoms with Crippen LogP contribution in [0.2, 0.25) is 0 Å². The molecule has 2 N–H and O–H groups in total. The van der Waals surface area contributed by atoms with E-state index in [0.717, 1.165) is 32.2 Å². The van der Waals surface area contributed by atoms with Crippen LogP contribution < -0.4 is 10.6 Å². The molecule has 1 fully saturated rings. The highest BCUT2D eigenvalue weighted by atomic mass is 35.5. The summed E-state index contributed by atoms with van der Waals surface area (Å²) in [7, 11) is -1.86. The molecule has 0 saturated heterocycles. The molecule has 6 nitrogen and oxygen atoms in total. The molecule has 1 saturated carbocycles. The summed E-state index contributed by atoms with van der Waals surface area (Å²) in [5, 5.41) is 6.08. The lowest BCUT2D eigenvalue weighted by atomic mass is 9.96. The average molecular weight is 418 g/mol. The van der Waals surface area contributed by atoms with E-state index in [1.54, 1.807) is 19.2 Å². The summed E-state index contributed by atoms with van der Waals surface area (Å²) in [6.45, 7) is 5.39. The van der Waals surface area contributed by atoms with Crippen LogP contribution in [0.1, 0.15) is 56.3 Å². The van der Waals surface area contributed by atoms with Crippen LogP contribution in [-0.4, -0.2) is 50.9 Å². The maximum absolute atomic E-state index is 12.8. The lowest BCUT2D eigenvalue weighted by molar-refractivity contribution is 0.0950. The van der Waals surface area contributed by atoms with Crippen LogP contribution in [0.3, 0.4) is 0 Å². The van der Waals surface area contributed by atoms with Crippen molar-refractivity contribution in [2.75, 3.05) is 20.1 Å². The lowest BCUT2D eigenvalue weighted by Gasteiger charge is -2.30. The molecule has 1 aliphatic rings. The predicted molar refractivity (Wildman–Crippen MR) is 111 cm³/mol. The van der Waals surface area contributed by atoms with Crippen molar-refractivity contribution in [1.82, 2.24) is 14.9 Å². The Kier molecular flexibility index (Phi) is 9.73. The smallest absolute Gasteiger partial charge is 0.251 e. The molecule has 1 aliphatic carbocycles. The maximum atomic E-state index is 12.8. The summed E-state index contributed by atoms with van der Waals surface area (Å²) in [6, 6.07) is 6.47. The van der Waals surface area contributed by atoms with E-state index in [1.165, 1.54) is 22.9 Å². The molecule has 0 unspecified atom stereocenters. The van der Waals surface area contributed by atoms with Gasteiger partial charge in [0.25, 0.3) is 5.91 Å². The fourth-order valence-electron chi connectivity index (χ4n) is 3.35. The van der Waals surface area contributed by atoms with Gasteiger partial charge < -0.3 is 10.6 Å². The zero-order valence-electron chi connectivity index (χ0n) is 16.4. The minimum absolute atomic E-state index is 0. The number of halogens is 1. The van der Waals surface area contributed by atoms with Crippen molar-refractivity contribution in [3.8, 4) is 0 Å². The number of rotatable bonds is 8. The number of hydrogen-bond acceptors (Lipinski definition) is 4. The summed E-state index contributed by atoms with van der Waals surface area (Å²) in [5.41, 5.74) is 0.466. The van der Waals surface area contributed by atoms with Crippen LogP contribution >= 0.6 is 12.4 Å². The van der Waals surface area contributed by atoms with Gasteiger partial charge in [-0.05, 0) is 50.6 Å². The van der Waals surface area contributed by atoms with E-state index in [0.29, 0.717) is 12.1 Å². The van der Waals surface area contributed by atoms with E-state index < -0.39 is 10.0 Å². The zero-order chi connectivity index (χ0) is 19.2. The number of benzene rings is 1. The molecule has 1 aromatic carbocycles. The Morgan fingerprint density at radius 2 is 1.78 bits per heavy atom. The molecular weight excluding hydrogens is 386 g/mol. The van der Waals surface area contributed by atoms with Crippen molar-refractivity contribution >= 4 is 28.3 Å². The van der Waals surface area contributed by atoms with Crippen molar-refractivity contribution in [3.05, 3.63) is 29.8 Å². The number of hydrogen-bond donors (Lipinski definition) is 2. The highest BCUT2D eigenvalue weighted by molar-refractivity contribution is 7.89. The topological polar surface area (TPSA) is 78.5 Å². The Morgan fingerprint density at radius 1 is 1.19 bits per heavy atom. The summed E-state index contributed by atoms with van der Waals surface area (Å²) in [5.74, 6) is -0.195. The third-order valence-corrected chi connectivity index (χ3v) is 6.93. The van der Waals surface area contributed by atoms with Gasteiger partial charge in [-0.15, -0.1) is 12.4 Å². The summed E-state index contributed by atoms with van der Waals surface area (Å²) >= 11 is 0. The lowest BCUT2D eigenvalue weighted by Crippen LogP contribution is -2.39. The normalized spacial score (nSPS) is 16.6. The van der Waals surface area contributed by atoms with Crippen molar-refractivity contribution in [1.29, 1.82) is 0 Å². The molecule has 0 bridgehead atoms. The first-order chi connectivity index (χ1) is 12.4. The molecule has 0 heterocycles. The van der Waals surface area contributed by atoms with Crippen molar-refractivity contribution in [2.45, 2.75) is 62.9 Å². The van der Waals surface area contributed by atoms with Crippen LogP contribution in [0.25, 0.3) is 0 Å². The fraction of sp³-hybridized carbons (Fsp3) is 0.632. The van der Waals surface area contributed by atoms with Crippen molar-refractivity contribution in [3.63, 3.8) is 0 Å². The summed E-state index contributed by atoms with van der Waals surface area (Å²) in [4.78, 5) is 12.4. The molecule has 8 heteroatoms. The first-order valence-corrected chi connectivity index (χ1v) is 10.9. The first kappa shape index (κ1) is 23.9. The van der Waals surface area contributed by atoms with Gasteiger partial charge in [0.2, 0.25) is 10.0 Å². The Hall–Kier alpha value is -1.15. The third kappa shape index (κ3) is 6.45. The van der Waals surface area contributed by atoms with E-state index in [2.05, 4.69) is 10.6 Å². The third-order valence-electron chi connectivity index (χ3n) is 5.00. The van der Waals surface area contributed by atoms with Gasteiger partial charge >= 0.3 is 0 Å². The second-order valence-electron chi connectivity index (χ2n) is 7.01. The molecule has 0 spiro atoms. The average Bonchev–Trinajstić information content (AvgIpc) is 2.66. The summed E-state index contributed by atoms with van der Waals surface area (Å²) in [6.07, 6.45) is 5.17. The largest absolute Gasteiger partial charge is 0.350 e. The molecule has 2 rings (SSSR count). The van der Waals surface area contributed by atoms with Crippen molar-refractivity contribution in [2.24, 2.45) is 0 Å². The number of likely N-dealkylation sites (N-methyl/N-ethyl adjacent to an activating group) is 1. The Labute approximate surface area is 169 Å². The van der Waals surface area contributed by atoms with E-state index in [-0.39, 0.29) is 35.3 Å². The fourth-order valence-corrected chi connectivity index (χ4v) is 4.77. The van der Waals surface area contributed by atoms with E-state index in [1.807, 2.05) is 13.8 Å². The first-order valence-electron chi connectivity index (χ1n) is 9.46. The van der Waals surface area contributed by atoms with Gasteiger partial charge in [0.1, 0.15) is 0 Å². The van der Waals surface area contributed by atoms with Crippen LogP contribution in [-0.2, 0) is 10.0 Å². The Balaban J connectivity index is 0.00000364. The van der Waals surface area contributed by atoms with Crippen molar-refractivity contribution < 1.29 is 13.2 Å². The molecule has 0 aromatic heterocycles. The molecule has 0 radical (unpaired) electrons. The molecule has 1 atom stereocenters. The number of sulfonamides is 1. The Morgan fingerprint density at radius 3 is 2.33 bits per heavy atom. The van der Waals surface area contributed by atoms with Crippen LogP contribution in [0, 0.1) is 0 Å². The quantitative estimate of drug-likeness (QED) is 0.681. The second-order valence-corrected chi connectivity index (χ2v) is 9.00. The molecule has 0 aliphatic heterocycles. The minimum Gasteiger partial charge on any atom is -0.350 e. The number of nitrogens with zero attached hydrogens (tertiary/aromatic N) is 1. The van der Waals surface area contributed by atoms with Crippen LogP contribution in [0.5, 0.6) is 0 Å². The number of nitrogens with one attached hydrogen (secondary N) is 2. The summed E-state index contributed by atoms with van der Waals surface area (Å²) < 4.78 is 27.1. The molecule has 154 valence electrons. The second kappa shape index (κ2) is 11.0. The number of carbonyl (C=O) groups excluding carboxylic acids is 1. The molecule has 1 amide bonds. The molecule has 1 aromatic rings. The molecule has 27 heavy (non-hydrogen) atoms. The van der Waals surface area contributed by atoms with Crippen LogP contribution in [0.15, 0.2) is 29.2 Å². The minimum atomic E-state index is -3.52. The maximum Gasteiger partial charge on any atom is 0.251 e. The highest BCUT2D eigenvalue weighted by Crippen LogP contribution is 2.26. The SMILES string of the molecule is CCN[C@H](C)CNC(=O)c1ccc(S(=O)(=O)N(C)C2CCCCC2)cc1.Cl. The van der Waals surface area contributed by atoms with Gasteiger partial charge in [-0.2, -0.15) is 4.31 Å². The van der Waals surface area contributed by atoms with E-state index in [4.69, 9.17) is 0 Å². The predicted octanol–water partition coefficient (Wildman–Crippen LogP) is 2.79. The molecular formula is C19H32ClN3O3S. The van der Waals surface area contributed by atoms with E-state index >= 15 is 0 Å². The van der Waals surface area contributed by atoms with E-state index in [9.17, 15) is 13.2 Å². The van der Waals surface area contributed by atoms with Gasteiger partial charge in [-0.1, -0.05) is 26.2 Å². The Bertz CT molecular complexity index is 689. The van der Waals surface area contributed by atoms with Gasteiger partial charge in [-0.3, -0.25) is 4.79 Å². The van der Waals surface area contributed by atoms with Gasteiger partial charge in [0, 0.05) is 31.2 Å². The van der Waals surface area contributed by atoms with Gasteiger partial charge in [-0.25, -0.2) is 8.42 Å². The monoisotopic (exact) mass is 417 g/mol. The zero-order valence-corrected chi connectivity index (χ0v) is 18.0.